The van der Waals surface area contributed by atoms with Crippen LogP contribution >= 0.6 is 11.3 Å². The van der Waals surface area contributed by atoms with E-state index in [0.29, 0.717) is 17.8 Å². The number of amides is 2. The lowest BCUT2D eigenvalue weighted by molar-refractivity contribution is -0.124. The third-order valence-electron chi connectivity index (χ3n) is 3.52. The predicted octanol–water partition coefficient (Wildman–Crippen LogP) is 0.653. The molecule has 0 saturated carbocycles. The molecule has 0 bridgehead atoms. The van der Waals surface area contributed by atoms with Crippen molar-refractivity contribution in [2.75, 3.05) is 13.6 Å². The van der Waals surface area contributed by atoms with E-state index in [4.69, 9.17) is 5.73 Å². The van der Waals surface area contributed by atoms with Crippen molar-refractivity contribution in [1.29, 1.82) is 0 Å². The Balaban J connectivity index is 2.24. The standard InChI is InChI=1S/C13H19N3O2S/c1-7-4-11(19-8(7)2)13(18)16-6-9(14)5-10(16)12(17)15-3/h4,9-10H,5-6,14H2,1-3H3,(H,15,17)/t9-,10+/m1/s1. The van der Waals surface area contributed by atoms with Crippen LogP contribution in [0.5, 0.6) is 0 Å². The molecule has 0 aromatic carbocycles. The molecule has 2 atom stereocenters. The first-order valence-corrected chi connectivity index (χ1v) is 7.11. The summed E-state index contributed by atoms with van der Waals surface area (Å²) in [5, 5.41) is 2.60. The molecule has 3 N–H and O–H groups in total. The Morgan fingerprint density at radius 3 is 2.68 bits per heavy atom. The van der Waals surface area contributed by atoms with Gasteiger partial charge in [-0.2, -0.15) is 0 Å². The molecule has 0 spiro atoms. The molecule has 1 aromatic rings. The molecule has 5 nitrogen and oxygen atoms in total. The molecule has 0 unspecified atom stereocenters. The van der Waals surface area contributed by atoms with Crippen molar-refractivity contribution in [2.45, 2.75) is 32.4 Å². The second kappa shape index (κ2) is 5.30. The number of nitrogens with zero attached hydrogens (tertiary/aromatic N) is 1. The first-order valence-electron chi connectivity index (χ1n) is 6.29. The van der Waals surface area contributed by atoms with Gasteiger partial charge in [0.25, 0.3) is 5.91 Å². The zero-order valence-electron chi connectivity index (χ0n) is 11.4. The average Bonchev–Trinajstić information content (AvgIpc) is 2.92. The molecule has 1 aliphatic heterocycles. The Hall–Kier alpha value is -1.40. The van der Waals surface area contributed by atoms with Crippen molar-refractivity contribution in [3.63, 3.8) is 0 Å². The number of thiophene rings is 1. The summed E-state index contributed by atoms with van der Waals surface area (Å²) < 4.78 is 0. The molecule has 2 heterocycles. The first kappa shape index (κ1) is 14.0. The summed E-state index contributed by atoms with van der Waals surface area (Å²) >= 11 is 1.47. The summed E-state index contributed by atoms with van der Waals surface area (Å²) in [6, 6.07) is 1.30. The van der Waals surface area contributed by atoms with Gasteiger partial charge in [-0.1, -0.05) is 0 Å². The highest BCUT2D eigenvalue weighted by molar-refractivity contribution is 7.14. The minimum atomic E-state index is -0.449. The predicted molar refractivity (Wildman–Crippen MR) is 75.3 cm³/mol. The molecule has 6 heteroatoms. The van der Waals surface area contributed by atoms with Crippen LogP contribution in [0.15, 0.2) is 6.07 Å². The van der Waals surface area contributed by atoms with Crippen LogP contribution in [0.4, 0.5) is 0 Å². The number of carbonyl (C=O) groups is 2. The van der Waals surface area contributed by atoms with Gasteiger partial charge in [0, 0.05) is 24.5 Å². The van der Waals surface area contributed by atoms with E-state index in [1.807, 2.05) is 19.9 Å². The first-order chi connectivity index (χ1) is 8.93. The normalized spacial score (nSPS) is 22.6. The highest BCUT2D eigenvalue weighted by Crippen LogP contribution is 2.26. The molecule has 2 amide bonds. The van der Waals surface area contributed by atoms with Gasteiger partial charge in [0.05, 0.1) is 4.88 Å². The number of aryl methyl sites for hydroxylation is 2. The second-order valence-corrected chi connectivity index (χ2v) is 6.19. The van der Waals surface area contributed by atoms with Crippen molar-refractivity contribution in [3.05, 3.63) is 21.4 Å². The van der Waals surface area contributed by atoms with Gasteiger partial charge in [0.1, 0.15) is 6.04 Å². The Kier molecular flexibility index (Phi) is 3.91. The van der Waals surface area contributed by atoms with Gasteiger partial charge in [-0.25, -0.2) is 0 Å². The van der Waals surface area contributed by atoms with Crippen molar-refractivity contribution in [2.24, 2.45) is 5.73 Å². The third kappa shape index (κ3) is 2.64. The Morgan fingerprint density at radius 1 is 1.47 bits per heavy atom. The number of nitrogens with two attached hydrogens (primary N) is 1. The molecule has 2 rings (SSSR count). The lowest BCUT2D eigenvalue weighted by Crippen LogP contribution is -2.44. The molecule has 1 saturated heterocycles. The van der Waals surface area contributed by atoms with Crippen LogP contribution in [0.2, 0.25) is 0 Å². The van der Waals surface area contributed by atoms with E-state index in [1.165, 1.54) is 11.3 Å². The summed E-state index contributed by atoms with van der Waals surface area (Å²) in [6.07, 6.45) is 0.523. The van der Waals surface area contributed by atoms with Gasteiger partial charge >= 0.3 is 0 Å². The van der Waals surface area contributed by atoms with E-state index in [0.717, 1.165) is 10.4 Å². The van der Waals surface area contributed by atoms with E-state index in [2.05, 4.69) is 5.32 Å². The number of likely N-dealkylation sites (N-methyl/N-ethyl adjacent to an activating group) is 1. The van der Waals surface area contributed by atoms with Gasteiger partial charge in [0.2, 0.25) is 5.91 Å². The Morgan fingerprint density at radius 2 is 2.16 bits per heavy atom. The molecule has 1 fully saturated rings. The minimum absolute atomic E-state index is 0.0947. The van der Waals surface area contributed by atoms with E-state index >= 15 is 0 Å². The average molecular weight is 281 g/mol. The molecule has 0 aliphatic carbocycles. The fraction of sp³-hybridized carbons (Fsp3) is 0.538. The monoisotopic (exact) mass is 281 g/mol. The molecule has 1 aromatic heterocycles. The highest BCUT2D eigenvalue weighted by atomic mass is 32.1. The van der Waals surface area contributed by atoms with E-state index < -0.39 is 6.04 Å². The van der Waals surface area contributed by atoms with Crippen LogP contribution in [0.3, 0.4) is 0 Å². The number of hydrogen-bond donors (Lipinski definition) is 2. The van der Waals surface area contributed by atoms with E-state index in [9.17, 15) is 9.59 Å². The van der Waals surface area contributed by atoms with Crippen LogP contribution in [0.25, 0.3) is 0 Å². The zero-order valence-corrected chi connectivity index (χ0v) is 12.2. The van der Waals surface area contributed by atoms with Crippen LogP contribution in [0, 0.1) is 13.8 Å². The molecular formula is C13H19N3O2S. The number of carbonyl (C=O) groups excluding carboxylic acids is 2. The van der Waals surface area contributed by atoms with Gasteiger partial charge in [-0.15, -0.1) is 11.3 Å². The summed E-state index contributed by atoms with van der Waals surface area (Å²) in [5.74, 6) is -0.242. The lowest BCUT2D eigenvalue weighted by atomic mass is 10.1. The van der Waals surface area contributed by atoms with Gasteiger partial charge in [-0.3, -0.25) is 9.59 Å². The number of nitrogens with one attached hydrogen (secondary N) is 1. The number of likely N-dealkylation sites (tertiary alicyclic amines) is 1. The summed E-state index contributed by atoms with van der Waals surface area (Å²) in [6.45, 7) is 4.41. The van der Waals surface area contributed by atoms with Gasteiger partial charge in [-0.05, 0) is 31.9 Å². The summed E-state index contributed by atoms with van der Waals surface area (Å²) in [7, 11) is 1.58. The molecule has 1 aliphatic rings. The van der Waals surface area contributed by atoms with Crippen LogP contribution in [0.1, 0.15) is 26.5 Å². The third-order valence-corrected chi connectivity index (χ3v) is 4.66. The van der Waals surface area contributed by atoms with Crippen molar-refractivity contribution in [3.8, 4) is 0 Å². The van der Waals surface area contributed by atoms with Crippen LogP contribution < -0.4 is 11.1 Å². The van der Waals surface area contributed by atoms with Crippen LogP contribution in [-0.2, 0) is 4.79 Å². The van der Waals surface area contributed by atoms with Gasteiger partial charge < -0.3 is 16.0 Å². The molecule has 104 valence electrons. The minimum Gasteiger partial charge on any atom is -0.357 e. The SMILES string of the molecule is CNC(=O)[C@@H]1C[C@@H](N)CN1C(=O)c1cc(C)c(C)s1. The Labute approximate surface area is 116 Å². The second-order valence-electron chi connectivity index (χ2n) is 4.93. The smallest absolute Gasteiger partial charge is 0.264 e. The maximum Gasteiger partial charge on any atom is 0.264 e. The van der Waals surface area contributed by atoms with Gasteiger partial charge in [0.15, 0.2) is 0 Å². The zero-order chi connectivity index (χ0) is 14.2. The largest absolute Gasteiger partial charge is 0.357 e. The van der Waals surface area contributed by atoms with Crippen molar-refractivity contribution in [1.82, 2.24) is 10.2 Å². The number of hydrogen-bond acceptors (Lipinski definition) is 4. The molecule has 19 heavy (non-hydrogen) atoms. The fourth-order valence-corrected chi connectivity index (χ4v) is 3.32. The summed E-state index contributed by atoms with van der Waals surface area (Å²) in [5.41, 5.74) is 6.99. The van der Waals surface area contributed by atoms with E-state index in [1.54, 1.807) is 11.9 Å². The van der Waals surface area contributed by atoms with Crippen molar-refractivity contribution < 1.29 is 9.59 Å². The lowest BCUT2D eigenvalue weighted by Gasteiger charge is -2.22. The molecular weight excluding hydrogens is 262 g/mol. The number of rotatable bonds is 2. The maximum atomic E-state index is 12.5. The Bertz CT molecular complexity index is 492. The quantitative estimate of drug-likeness (QED) is 0.836. The fourth-order valence-electron chi connectivity index (χ4n) is 2.33. The topological polar surface area (TPSA) is 75.4 Å². The molecule has 0 radical (unpaired) electrons. The maximum absolute atomic E-state index is 12.5. The van der Waals surface area contributed by atoms with E-state index in [-0.39, 0.29) is 17.9 Å². The van der Waals surface area contributed by atoms with Crippen LogP contribution in [-0.4, -0.2) is 42.4 Å². The van der Waals surface area contributed by atoms with Crippen molar-refractivity contribution >= 4 is 23.2 Å². The highest BCUT2D eigenvalue weighted by Gasteiger charge is 2.38. The summed E-state index contributed by atoms with van der Waals surface area (Å²) in [4.78, 5) is 27.7.